The van der Waals surface area contributed by atoms with E-state index in [0.717, 1.165) is 12.8 Å². The van der Waals surface area contributed by atoms with E-state index in [1.165, 1.54) is 0 Å². The Labute approximate surface area is 108 Å². The first-order chi connectivity index (χ1) is 8.53. The molecule has 0 aromatic carbocycles. The van der Waals surface area contributed by atoms with Crippen LogP contribution in [0.15, 0.2) is 0 Å². The molecular formula is C11H19N3O3S. The number of rotatable bonds is 6. The lowest BCUT2D eigenvalue weighted by atomic mass is 10.2. The van der Waals surface area contributed by atoms with Crippen molar-refractivity contribution in [3.8, 4) is 6.07 Å². The third-order valence-corrected chi connectivity index (χ3v) is 4.51. The quantitative estimate of drug-likeness (QED) is 0.640. The maximum Gasteiger partial charge on any atom is 0.221 e. The van der Waals surface area contributed by atoms with Crippen LogP contribution in [0, 0.1) is 11.3 Å². The lowest BCUT2D eigenvalue weighted by molar-refractivity contribution is -0.121. The lowest BCUT2D eigenvalue weighted by Crippen LogP contribution is -2.47. The van der Waals surface area contributed by atoms with Crippen LogP contribution < -0.4 is 10.6 Å². The number of nitrogens with one attached hydrogen (secondary N) is 2. The van der Waals surface area contributed by atoms with Gasteiger partial charge in [0.1, 0.15) is 0 Å². The molecule has 1 aliphatic rings. The van der Waals surface area contributed by atoms with Gasteiger partial charge in [-0.1, -0.05) is 0 Å². The molecular weight excluding hydrogens is 254 g/mol. The second kappa shape index (κ2) is 7.34. The molecule has 1 atom stereocenters. The molecule has 0 spiro atoms. The Balaban J connectivity index is 2.18. The topological polar surface area (TPSA) is 99.1 Å². The molecule has 0 aromatic heterocycles. The molecule has 0 aliphatic carbocycles. The molecule has 1 rings (SSSR count). The van der Waals surface area contributed by atoms with Crippen LogP contribution in [0.2, 0.25) is 0 Å². The second-order valence-corrected chi connectivity index (χ2v) is 6.66. The van der Waals surface area contributed by atoms with Gasteiger partial charge in [0.15, 0.2) is 9.84 Å². The van der Waals surface area contributed by atoms with Crippen molar-refractivity contribution in [3.63, 3.8) is 0 Å². The minimum Gasteiger partial charge on any atom is -0.356 e. The summed E-state index contributed by atoms with van der Waals surface area (Å²) in [5.41, 5.74) is 0. The smallest absolute Gasteiger partial charge is 0.221 e. The minimum absolute atomic E-state index is 0.0366. The molecule has 0 bridgehead atoms. The maximum atomic E-state index is 11.5. The Bertz CT molecular complexity index is 414. The Morgan fingerprint density at radius 2 is 2.22 bits per heavy atom. The van der Waals surface area contributed by atoms with E-state index < -0.39 is 9.84 Å². The summed E-state index contributed by atoms with van der Waals surface area (Å²) >= 11 is 0. The highest BCUT2D eigenvalue weighted by Crippen LogP contribution is 2.04. The SMILES string of the molecule is N#CCCCCNC(=O)CC1CS(=O)(=O)CCN1. The second-order valence-electron chi connectivity index (χ2n) is 4.43. The van der Waals surface area contributed by atoms with Crippen LogP contribution >= 0.6 is 0 Å². The zero-order valence-corrected chi connectivity index (χ0v) is 11.1. The molecule has 1 unspecified atom stereocenters. The van der Waals surface area contributed by atoms with Crippen LogP contribution in [0.25, 0.3) is 0 Å². The lowest BCUT2D eigenvalue weighted by Gasteiger charge is -2.23. The van der Waals surface area contributed by atoms with Crippen molar-refractivity contribution in [3.05, 3.63) is 0 Å². The van der Waals surface area contributed by atoms with Crippen molar-refractivity contribution in [1.82, 2.24) is 10.6 Å². The van der Waals surface area contributed by atoms with Crippen LogP contribution in [-0.2, 0) is 14.6 Å². The Morgan fingerprint density at radius 3 is 2.89 bits per heavy atom. The molecule has 1 saturated heterocycles. The molecule has 0 saturated carbocycles. The Morgan fingerprint density at radius 1 is 1.44 bits per heavy atom. The molecule has 0 radical (unpaired) electrons. The number of sulfone groups is 1. The van der Waals surface area contributed by atoms with Crippen molar-refractivity contribution in [2.24, 2.45) is 0 Å². The van der Waals surface area contributed by atoms with Crippen molar-refractivity contribution >= 4 is 15.7 Å². The van der Waals surface area contributed by atoms with E-state index in [9.17, 15) is 13.2 Å². The highest BCUT2D eigenvalue weighted by Gasteiger charge is 2.25. The Hall–Kier alpha value is -1.13. The van der Waals surface area contributed by atoms with Crippen LogP contribution in [0.3, 0.4) is 0 Å². The molecule has 7 heteroatoms. The average molecular weight is 273 g/mol. The third kappa shape index (κ3) is 5.98. The van der Waals surface area contributed by atoms with Crippen LogP contribution in [0.5, 0.6) is 0 Å². The summed E-state index contributed by atoms with van der Waals surface area (Å²) in [4.78, 5) is 11.5. The van der Waals surface area contributed by atoms with E-state index in [0.29, 0.717) is 19.5 Å². The highest BCUT2D eigenvalue weighted by atomic mass is 32.2. The summed E-state index contributed by atoms with van der Waals surface area (Å²) in [6.07, 6.45) is 2.23. The molecule has 2 N–H and O–H groups in total. The van der Waals surface area contributed by atoms with E-state index in [-0.39, 0.29) is 29.9 Å². The van der Waals surface area contributed by atoms with E-state index in [4.69, 9.17) is 5.26 Å². The zero-order valence-electron chi connectivity index (χ0n) is 10.3. The van der Waals surface area contributed by atoms with Crippen molar-refractivity contribution in [1.29, 1.82) is 5.26 Å². The van der Waals surface area contributed by atoms with Gasteiger partial charge in [0, 0.05) is 32.0 Å². The molecule has 0 aromatic rings. The van der Waals surface area contributed by atoms with Gasteiger partial charge in [0.05, 0.1) is 17.6 Å². The number of hydrogen-bond acceptors (Lipinski definition) is 5. The number of amides is 1. The predicted molar refractivity (Wildman–Crippen MR) is 67.5 cm³/mol. The standard InChI is InChI=1S/C11H19N3O3S/c12-4-2-1-3-5-14-11(15)8-10-9-18(16,17)7-6-13-10/h10,13H,1-3,5-9H2,(H,14,15). The van der Waals surface area contributed by atoms with Crippen LogP contribution in [0.4, 0.5) is 0 Å². The number of carbonyl (C=O) groups excluding carboxylic acids is 1. The minimum atomic E-state index is -2.99. The maximum absolute atomic E-state index is 11.5. The summed E-state index contributed by atoms with van der Waals surface area (Å²) in [5, 5.41) is 14.1. The van der Waals surface area contributed by atoms with Gasteiger partial charge < -0.3 is 10.6 Å². The first kappa shape index (κ1) is 14.9. The van der Waals surface area contributed by atoms with Gasteiger partial charge in [0.25, 0.3) is 0 Å². The number of carbonyl (C=O) groups is 1. The molecule has 1 aliphatic heterocycles. The third-order valence-electron chi connectivity index (χ3n) is 2.77. The number of nitriles is 1. The van der Waals surface area contributed by atoms with E-state index in [2.05, 4.69) is 10.6 Å². The molecule has 102 valence electrons. The summed E-state index contributed by atoms with van der Waals surface area (Å²) in [5.74, 6) is 0.0512. The number of unbranched alkanes of at least 4 members (excludes halogenated alkanes) is 2. The van der Waals surface area contributed by atoms with Gasteiger partial charge in [-0.25, -0.2) is 8.42 Å². The van der Waals surface area contributed by atoms with Gasteiger partial charge >= 0.3 is 0 Å². The van der Waals surface area contributed by atoms with Crippen molar-refractivity contribution in [2.45, 2.75) is 31.7 Å². The largest absolute Gasteiger partial charge is 0.356 e. The molecule has 1 amide bonds. The number of nitrogens with zero attached hydrogens (tertiary/aromatic N) is 1. The fourth-order valence-corrected chi connectivity index (χ4v) is 3.30. The zero-order chi connectivity index (χ0) is 13.4. The van der Waals surface area contributed by atoms with E-state index >= 15 is 0 Å². The average Bonchev–Trinajstić information content (AvgIpc) is 2.27. The monoisotopic (exact) mass is 273 g/mol. The fraction of sp³-hybridized carbons (Fsp3) is 0.818. The Kier molecular flexibility index (Phi) is 6.09. The summed E-state index contributed by atoms with van der Waals surface area (Å²) < 4.78 is 22.7. The van der Waals surface area contributed by atoms with Crippen molar-refractivity contribution in [2.75, 3.05) is 24.6 Å². The van der Waals surface area contributed by atoms with Gasteiger partial charge in [-0.2, -0.15) is 5.26 Å². The summed E-state index contributed by atoms with van der Waals surface area (Å²) in [6, 6.07) is 1.77. The van der Waals surface area contributed by atoms with E-state index in [1.54, 1.807) is 0 Å². The highest BCUT2D eigenvalue weighted by molar-refractivity contribution is 7.91. The van der Waals surface area contributed by atoms with Crippen molar-refractivity contribution < 1.29 is 13.2 Å². The van der Waals surface area contributed by atoms with Gasteiger partial charge in [-0.05, 0) is 12.8 Å². The fourth-order valence-electron chi connectivity index (χ4n) is 1.85. The molecule has 1 heterocycles. The normalized spacial score (nSPS) is 22.1. The van der Waals surface area contributed by atoms with Gasteiger partial charge in [-0.15, -0.1) is 0 Å². The first-order valence-electron chi connectivity index (χ1n) is 6.11. The molecule has 6 nitrogen and oxygen atoms in total. The predicted octanol–water partition coefficient (Wildman–Crippen LogP) is -0.427. The van der Waals surface area contributed by atoms with Gasteiger partial charge in [0.2, 0.25) is 5.91 Å². The number of hydrogen-bond donors (Lipinski definition) is 2. The molecule has 18 heavy (non-hydrogen) atoms. The summed E-state index contributed by atoms with van der Waals surface area (Å²) in [7, 11) is -2.99. The van der Waals surface area contributed by atoms with Crippen LogP contribution in [-0.4, -0.2) is 45.0 Å². The molecule has 1 fully saturated rings. The van der Waals surface area contributed by atoms with E-state index in [1.807, 2.05) is 6.07 Å². The first-order valence-corrected chi connectivity index (χ1v) is 7.93. The summed E-state index contributed by atoms with van der Waals surface area (Å²) in [6.45, 7) is 0.961. The van der Waals surface area contributed by atoms with Gasteiger partial charge in [-0.3, -0.25) is 4.79 Å². The van der Waals surface area contributed by atoms with Crippen LogP contribution in [0.1, 0.15) is 25.7 Å².